The van der Waals surface area contributed by atoms with Gasteiger partial charge in [-0.05, 0) is 13.3 Å². The molecule has 0 radical (unpaired) electrons. The molecule has 0 fully saturated rings. The Labute approximate surface area is 108 Å². The number of carboxylic acids is 2. The fourth-order valence-electron chi connectivity index (χ4n) is 1.49. The highest BCUT2D eigenvalue weighted by atomic mass is 16.4. The number of aliphatic carboxylic acids is 2. The first kappa shape index (κ1) is 14.7. The van der Waals surface area contributed by atoms with E-state index in [2.05, 4.69) is 10.3 Å². The lowest BCUT2D eigenvalue weighted by Gasteiger charge is -2.12. The Hall–Kier alpha value is -2.38. The predicted octanol–water partition coefficient (Wildman–Crippen LogP) is 0.339. The molecule has 1 rings (SSSR count). The summed E-state index contributed by atoms with van der Waals surface area (Å²) in [6, 6.07) is -1.28. The van der Waals surface area contributed by atoms with Gasteiger partial charge in [0, 0.05) is 13.3 Å². The minimum atomic E-state index is -1.30. The van der Waals surface area contributed by atoms with Crippen molar-refractivity contribution in [2.24, 2.45) is 0 Å². The van der Waals surface area contributed by atoms with Crippen LogP contribution in [0.5, 0.6) is 0 Å². The third kappa shape index (κ3) is 4.09. The first-order chi connectivity index (χ1) is 8.81. The molecule has 0 saturated carbocycles. The van der Waals surface area contributed by atoms with Crippen molar-refractivity contribution >= 4 is 17.8 Å². The van der Waals surface area contributed by atoms with Gasteiger partial charge in [-0.15, -0.1) is 0 Å². The third-order valence-corrected chi connectivity index (χ3v) is 2.36. The summed E-state index contributed by atoms with van der Waals surface area (Å²) in [6.45, 7) is 3.11. The fourth-order valence-corrected chi connectivity index (χ4v) is 1.49. The zero-order chi connectivity index (χ0) is 14.6. The van der Waals surface area contributed by atoms with Gasteiger partial charge in [0.1, 0.15) is 6.04 Å². The minimum Gasteiger partial charge on any atom is -0.481 e. The van der Waals surface area contributed by atoms with Crippen LogP contribution in [0.1, 0.15) is 35.0 Å². The summed E-state index contributed by atoms with van der Waals surface area (Å²) >= 11 is 0. The van der Waals surface area contributed by atoms with Gasteiger partial charge in [0.15, 0.2) is 5.89 Å². The lowest BCUT2D eigenvalue weighted by Crippen LogP contribution is -2.41. The second-order valence-corrected chi connectivity index (χ2v) is 3.94. The zero-order valence-corrected chi connectivity index (χ0v) is 10.5. The predicted molar refractivity (Wildman–Crippen MR) is 61.7 cm³/mol. The number of carbonyl (C=O) groups is 3. The molecule has 0 aliphatic carbocycles. The van der Waals surface area contributed by atoms with Crippen LogP contribution in [-0.4, -0.2) is 39.1 Å². The van der Waals surface area contributed by atoms with Gasteiger partial charge in [-0.2, -0.15) is 0 Å². The second kappa shape index (κ2) is 5.98. The Balaban J connectivity index is 2.74. The molecule has 3 N–H and O–H groups in total. The quantitative estimate of drug-likeness (QED) is 0.679. The molecule has 0 aromatic carbocycles. The number of carboxylic acid groups (broad SMARTS) is 2. The molecular formula is C11H14N2O6. The van der Waals surface area contributed by atoms with Crippen molar-refractivity contribution in [2.75, 3.05) is 0 Å². The maximum absolute atomic E-state index is 11.8. The van der Waals surface area contributed by atoms with E-state index >= 15 is 0 Å². The lowest BCUT2D eigenvalue weighted by atomic mass is 10.1. The van der Waals surface area contributed by atoms with Crippen LogP contribution < -0.4 is 5.32 Å². The molecule has 8 nitrogen and oxygen atoms in total. The number of hydrogen-bond acceptors (Lipinski definition) is 5. The molecule has 0 spiro atoms. The van der Waals surface area contributed by atoms with Crippen LogP contribution in [0.3, 0.4) is 0 Å². The number of oxazole rings is 1. The van der Waals surface area contributed by atoms with Crippen molar-refractivity contribution in [1.82, 2.24) is 10.3 Å². The van der Waals surface area contributed by atoms with Crippen molar-refractivity contribution in [3.8, 4) is 0 Å². The summed E-state index contributed by atoms with van der Waals surface area (Å²) in [5.41, 5.74) is 0.345. The first-order valence-corrected chi connectivity index (χ1v) is 5.50. The summed E-state index contributed by atoms with van der Waals surface area (Å²) < 4.78 is 5.05. The summed E-state index contributed by atoms with van der Waals surface area (Å²) in [6.07, 6.45) is -0.561. The fraction of sp³-hybridized carbons (Fsp3) is 0.455. The van der Waals surface area contributed by atoms with Gasteiger partial charge in [-0.1, -0.05) is 0 Å². The van der Waals surface area contributed by atoms with Crippen molar-refractivity contribution in [3.05, 3.63) is 17.3 Å². The van der Waals surface area contributed by atoms with E-state index in [1.807, 2.05) is 0 Å². The van der Waals surface area contributed by atoms with Crippen molar-refractivity contribution in [2.45, 2.75) is 32.7 Å². The maximum Gasteiger partial charge on any atom is 0.326 e. The normalized spacial score (nSPS) is 11.9. The highest BCUT2D eigenvalue weighted by Crippen LogP contribution is 2.10. The largest absolute Gasteiger partial charge is 0.481 e. The standard InChI is InChI=1S/C11H14N2O6/c1-5-9(19-6(2)12-5)10(16)13-7(11(17)18)3-4-8(14)15/h7H,3-4H2,1-2H3,(H,13,16)(H,14,15)(H,17,18)/t7-/m0/s1. The molecule has 19 heavy (non-hydrogen) atoms. The summed E-state index contributed by atoms with van der Waals surface area (Å²) in [4.78, 5) is 37.0. The van der Waals surface area contributed by atoms with Crippen LogP contribution in [0.4, 0.5) is 0 Å². The molecule has 0 aliphatic heterocycles. The van der Waals surface area contributed by atoms with E-state index in [1.165, 1.54) is 0 Å². The Kier molecular flexibility index (Phi) is 4.62. The average molecular weight is 270 g/mol. The van der Waals surface area contributed by atoms with Crippen LogP contribution in [0, 0.1) is 13.8 Å². The highest BCUT2D eigenvalue weighted by Gasteiger charge is 2.24. The molecule has 0 unspecified atom stereocenters. The molecule has 1 aromatic rings. The minimum absolute atomic E-state index is 0.0703. The molecule has 1 amide bonds. The van der Waals surface area contributed by atoms with E-state index < -0.39 is 23.9 Å². The van der Waals surface area contributed by atoms with E-state index in [9.17, 15) is 14.4 Å². The van der Waals surface area contributed by atoms with E-state index in [0.717, 1.165) is 0 Å². The third-order valence-electron chi connectivity index (χ3n) is 2.36. The Morgan fingerprint density at radius 1 is 1.32 bits per heavy atom. The lowest BCUT2D eigenvalue weighted by molar-refractivity contribution is -0.140. The number of nitrogens with zero attached hydrogens (tertiary/aromatic N) is 1. The number of hydrogen-bond donors (Lipinski definition) is 3. The Morgan fingerprint density at radius 2 is 1.95 bits per heavy atom. The zero-order valence-electron chi connectivity index (χ0n) is 10.5. The van der Waals surface area contributed by atoms with Crippen molar-refractivity contribution < 1.29 is 29.0 Å². The molecule has 0 aliphatic rings. The number of carbonyl (C=O) groups excluding carboxylic acids is 1. The smallest absolute Gasteiger partial charge is 0.326 e. The van der Waals surface area contributed by atoms with Gasteiger partial charge in [0.05, 0.1) is 5.69 Å². The van der Waals surface area contributed by atoms with Gasteiger partial charge in [0.2, 0.25) is 5.76 Å². The maximum atomic E-state index is 11.8. The summed E-state index contributed by atoms with van der Waals surface area (Å²) in [5, 5.41) is 19.6. The second-order valence-electron chi connectivity index (χ2n) is 3.94. The van der Waals surface area contributed by atoms with Gasteiger partial charge < -0.3 is 19.9 Å². The molecule has 8 heteroatoms. The topological polar surface area (TPSA) is 130 Å². The molecule has 0 saturated heterocycles. The van der Waals surface area contributed by atoms with Gasteiger partial charge >= 0.3 is 11.9 Å². The van der Waals surface area contributed by atoms with E-state index in [-0.39, 0.29) is 18.6 Å². The van der Waals surface area contributed by atoms with Crippen LogP contribution in [-0.2, 0) is 9.59 Å². The molecule has 0 bridgehead atoms. The molecule has 1 aromatic heterocycles. The molecule has 1 atom stereocenters. The van der Waals surface area contributed by atoms with Crippen molar-refractivity contribution in [1.29, 1.82) is 0 Å². The van der Waals surface area contributed by atoms with Crippen LogP contribution >= 0.6 is 0 Å². The monoisotopic (exact) mass is 270 g/mol. The number of aryl methyl sites for hydroxylation is 2. The number of nitrogens with one attached hydrogen (secondary N) is 1. The van der Waals surface area contributed by atoms with Crippen LogP contribution in [0.15, 0.2) is 4.42 Å². The summed E-state index contributed by atoms with van der Waals surface area (Å²) in [5.74, 6) is -2.94. The van der Waals surface area contributed by atoms with Crippen LogP contribution in [0.2, 0.25) is 0 Å². The van der Waals surface area contributed by atoms with E-state index in [0.29, 0.717) is 11.6 Å². The van der Waals surface area contributed by atoms with Gasteiger partial charge in [0.25, 0.3) is 5.91 Å². The highest BCUT2D eigenvalue weighted by molar-refractivity contribution is 5.95. The SMILES string of the molecule is Cc1nc(C)c(C(=O)N[C@@H](CCC(=O)O)C(=O)O)o1. The van der Waals surface area contributed by atoms with Gasteiger partial charge in [-0.25, -0.2) is 9.78 Å². The Morgan fingerprint density at radius 3 is 2.37 bits per heavy atom. The number of amides is 1. The number of aromatic nitrogens is 1. The summed E-state index contributed by atoms with van der Waals surface area (Å²) in [7, 11) is 0. The average Bonchev–Trinajstić information content (AvgIpc) is 2.62. The van der Waals surface area contributed by atoms with Gasteiger partial charge in [-0.3, -0.25) is 9.59 Å². The van der Waals surface area contributed by atoms with E-state index in [1.54, 1.807) is 13.8 Å². The number of rotatable bonds is 6. The Bertz CT molecular complexity index is 507. The molecule has 1 heterocycles. The molecular weight excluding hydrogens is 256 g/mol. The van der Waals surface area contributed by atoms with Crippen molar-refractivity contribution in [3.63, 3.8) is 0 Å². The van der Waals surface area contributed by atoms with E-state index in [4.69, 9.17) is 14.6 Å². The molecule has 104 valence electrons. The first-order valence-electron chi connectivity index (χ1n) is 5.50. The van der Waals surface area contributed by atoms with Crippen LogP contribution in [0.25, 0.3) is 0 Å².